The number of ether oxygens (including phenoxy) is 1. The van der Waals surface area contributed by atoms with Crippen LogP contribution in [0.2, 0.25) is 0 Å². The van der Waals surface area contributed by atoms with Gasteiger partial charge in [0.25, 0.3) is 0 Å². The Kier molecular flexibility index (Phi) is 3.47. The molecule has 2 rings (SSSR count). The number of benzene rings is 1. The van der Waals surface area contributed by atoms with Gasteiger partial charge in [0.2, 0.25) is 0 Å². The number of para-hydroxylation sites is 1. The SMILES string of the molecule is CCCCn1cc(OC(C)=O)c2ccccc21. The molecule has 0 atom stereocenters. The van der Waals surface area contributed by atoms with Crippen molar-refractivity contribution >= 4 is 16.9 Å². The Balaban J connectivity index is 2.42. The molecule has 0 fully saturated rings. The van der Waals surface area contributed by atoms with Crippen molar-refractivity contribution in [2.45, 2.75) is 33.2 Å². The fraction of sp³-hybridized carbons (Fsp3) is 0.357. The first-order chi connectivity index (χ1) is 8.22. The third-order valence-corrected chi connectivity index (χ3v) is 2.76. The minimum atomic E-state index is -0.275. The van der Waals surface area contributed by atoms with Crippen LogP contribution in [-0.4, -0.2) is 10.5 Å². The summed E-state index contributed by atoms with van der Waals surface area (Å²) in [7, 11) is 0. The van der Waals surface area contributed by atoms with E-state index in [1.807, 2.05) is 24.4 Å². The highest BCUT2D eigenvalue weighted by molar-refractivity contribution is 5.89. The Morgan fingerprint density at radius 3 is 2.82 bits per heavy atom. The molecule has 0 unspecified atom stereocenters. The van der Waals surface area contributed by atoms with Crippen molar-refractivity contribution < 1.29 is 9.53 Å². The van der Waals surface area contributed by atoms with Gasteiger partial charge < -0.3 is 9.30 Å². The van der Waals surface area contributed by atoms with Gasteiger partial charge in [-0.15, -0.1) is 0 Å². The first-order valence-corrected chi connectivity index (χ1v) is 5.98. The van der Waals surface area contributed by atoms with Crippen molar-refractivity contribution in [3.05, 3.63) is 30.5 Å². The summed E-state index contributed by atoms with van der Waals surface area (Å²) in [6.07, 6.45) is 4.19. The summed E-state index contributed by atoms with van der Waals surface area (Å²) in [4.78, 5) is 11.0. The smallest absolute Gasteiger partial charge is 0.308 e. The van der Waals surface area contributed by atoms with Crippen molar-refractivity contribution in [1.29, 1.82) is 0 Å². The van der Waals surface area contributed by atoms with Crippen LogP contribution in [0.25, 0.3) is 10.9 Å². The molecule has 0 saturated heterocycles. The summed E-state index contributed by atoms with van der Waals surface area (Å²) in [5, 5.41) is 0.999. The third kappa shape index (κ3) is 2.49. The summed E-state index contributed by atoms with van der Waals surface area (Å²) in [6.45, 7) is 4.55. The Hall–Kier alpha value is -1.77. The molecule has 90 valence electrons. The van der Waals surface area contributed by atoms with Gasteiger partial charge in [-0.05, 0) is 18.6 Å². The standard InChI is InChI=1S/C14H17NO2/c1-3-4-9-15-10-14(17-11(2)16)12-7-5-6-8-13(12)15/h5-8,10H,3-4,9H2,1-2H3. The fourth-order valence-corrected chi connectivity index (χ4v) is 1.96. The molecule has 0 aliphatic carbocycles. The fourth-order valence-electron chi connectivity index (χ4n) is 1.96. The lowest BCUT2D eigenvalue weighted by Gasteiger charge is -2.02. The van der Waals surface area contributed by atoms with E-state index in [-0.39, 0.29) is 5.97 Å². The summed E-state index contributed by atoms with van der Waals surface area (Å²) in [5.41, 5.74) is 1.12. The predicted molar refractivity (Wildman–Crippen MR) is 68.2 cm³/mol. The van der Waals surface area contributed by atoms with Crippen molar-refractivity contribution in [2.75, 3.05) is 0 Å². The molecule has 0 bridgehead atoms. The number of hydrogen-bond acceptors (Lipinski definition) is 2. The summed E-state index contributed by atoms with van der Waals surface area (Å²) >= 11 is 0. The van der Waals surface area contributed by atoms with E-state index in [2.05, 4.69) is 17.6 Å². The van der Waals surface area contributed by atoms with Crippen molar-refractivity contribution in [1.82, 2.24) is 4.57 Å². The predicted octanol–water partition coefficient (Wildman–Crippen LogP) is 3.37. The summed E-state index contributed by atoms with van der Waals surface area (Å²) < 4.78 is 7.38. The Morgan fingerprint density at radius 1 is 1.35 bits per heavy atom. The zero-order chi connectivity index (χ0) is 12.3. The van der Waals surface area contributed by atoms with Crippen LogP contribution in [0.15, 0.2) is 30.5 Å². The lowest BCUT2D eigenvalue weighted by Crippen LogP contribution is -2.00. The molecule has 0 aliphatic heterocycles. The molecule has 0 spiro atoms. The van der Waals surface area contributed by atoms with E-state index in [0.29, 0.717) is 5.75 Å². The van der Waals surface area contributed by atoms with Crippen LogP contribution in [0.4, 0.5) is 0 Å². The molecule has 0 saturated carbocycles. The zero-order valence-electron chi connectivity index (χ0n) is 10.3. The van der Waals surface area contributed by atoms with E-state index < -0.39 is 0 Å². The highest BCUT2D eigenvalue weighted by atomic mass is 16.5. The lowest BCUT2D eigenvalue weighted by atomic mass is 10.2. The van der Waals surface area contributed by atoms with E-state index in [9.17, 15) is 4.79 Å². The van der Waals surface area contributed by atoms with E-state index in [1.165, 1.54) is 6.92 Å². The minimum Gasteiger partial charge on any atom is -0.424 e. The number of carbonyl (C=O) groups excluding carboxylic acids is 1. The molecule has 3 nitrogen and oxygen atoms in total. The van der Waals surface area contributed by atoms with Gasteiger partial charge >= 0.3 is 5.97 Å². The topological polar surface area (TPSA) is 31.2 Å². The number of rotatable bonds is 4. The maximum absolute atomic E-state index is 11.0. The molecule has 0 aliphatic rings. The highest BCUT2D eigenvalue weighted by Crippen LogP contribution is 2.28. The van der Waals surface area contributed by atoms with E-state index >= 15 is 0 Å². The maximum atomic E-state index is 11.0. The van der Waals surface area contributed by atoms with Crippen LogP contribution in [0.1, 0.15) is 26.7 Å². The number of aryl methyl sites for hydroxylation is 1. The number of hydrogen-bond donors (Lipinski definition) is 0. The third-order valence-electron chi connectivity index (χ3n) is 2.76. The van der Waals surface area contributed by atoms with Crippen LogP contribution in [0.3, 0.4) is 0 Å². The molecule has 0 amide bonds. The van der Waals surface area contributed by atoms with Crippen molar-refractivity contribution in [2.24, 2.45) is 0 Å². The largest absolute Gasteiger partial charge is 0.424 e. The number of aromatic nitrogens is 1. The number of carbonyl (C=O) groups is 1. The molecular formula is C14H17NO2. The molecule has 1 aromatic heterocycles. The molecule has 0 N–H and O–H groups in total. The van der Waals surface area contributed by atoms with Gasteiger partial charge in [-0.2, -0.15) is 0 Å². The lowest BCUT2D eigenvalue weighted by molar-refractivity contribution is -0.131. The number of unbranched alkanes of at least 4 members (excludes halogenated alkanes) is 1. The minimum absolute atomic E-state index is 0.275. The summed E-state index contributed by atoms with van der Waals surface area (Å²) in [6, 6.07) is 8.00. The van der Waals surface area contributed by atoms with Crippen LogP contribution >= 0.6 is 0 Å². The molecule has 1 aromatic carbocycles. The van der Waals surface area contributed by atoms with E-state index in [0.717, 1.165) is 30.3 Å². The van der Waals surface area contributed by atoms with Gasteiger partial charge in [0, 0.05) is 25.1 Å². The Labute approximate surface area is 101 Å². The molecule has 1 heterocycles. The molecular weight excluding hydrogens is 214 g/mol. The monoisotopic (exact) mass is 231 g/mol. The molecule has 3 heteroatoms. The zero-order valence-corrected chi connectivity index (χ0v) is 10.3. The van der Waals surface area contributed by atoms with Crippen LogP contribution in [0, 0.1) is 0 Å². The normalized spacial score (nSPS) is 10.7. The van der Waals surface area contributed by atoms with Crippen LogP contribution in [0.5, 0.6) is 5.75 Å². The second-order valence-electron chi connectivity index (χ2n) is 4.15. The number of nitrogens with zero attached hydrogens (tertiary/aromatic N) is 1. The maximum Gasteiger partial charge on any atom is 0.308 e. The average molecular weight is 231 g/mol. The Morgan fingerprint density at radius 2 is 2.12 bits per heavy atom. The highest BCUT2D eigenvalue weighted by Gasteiger charge is 2.10. The quantitative estimate of drug-likeness (QED) is 0.755. The number of esters is 1. The second-order valence-corrected chi connectivity index (χ2v) is 4.15. The molecule has 0 radical (unpaired) electrons. The van der Waals surface area contributed by atoms with Crippen LogP contribution < -0.4 is 4.74 Å². The second kappa shape index (κ2) is 5.04. The van der Waals surface area contributed by atoms with Gasteiger partial charge in [-0.1, -0.05) is 25.5 Å². The number of fused-ring (bicyclic) bond motifs is 1. The van der Waals surface area contributed by atoms with Crippen LogP contribution in [-0.2, 0) is 11.3 Å². The van der Waals surface area contributed by atoms with Gasteiger partial charge in [0.15, 0.2) is 5.75 Å². The van der Waals surface area contributed by atoms with E-state index in [1.54, 1.807) is 0 Å². The van der Waals surface area contributed by atoms with Gasteiger partial charge in [0.05, 0.1) is 5.52 Å². The summed E-state index contributed by atoms with van der Waals surface area (Å²) in [5.74, 6) is 0.382. The molecule has 17 heavy (non-hydrogen) atoms. The van der Waals surface area contributed by atoms with Crippen molar-refractivity contribution in [3.63, 3.8) is 0 Å². The molecule has 2 aromatic rings. The van der Waals surface area contributed by atoms with Crippen molar-refractivity contribution in [3.8, 4) is 5.75 Å². The first kappa shape index (κ1) is 11.7. The first-order valence-electron chi connectivity index (χ1n) is 5.98. The van der Waals surface area contributed by atoms with E-state index in [4.69, 9.17) is 4.74 Å². The Bertz CT molecular complexity index is 528. The van der Waals surface area contributed by atoms with Gasteiger partial charge in [-0.25, -0.2) is 0 Å². The van der Waals surface area contributed by atoms with Gasteiger partial charge in [0.1, 0.15) is 0 Å². The average Bonchev–Trinajstić information content (AvgIpc) is 2.65. The van der Waals surface area contributed by atoms with Gasteiger partial charge in [-0.3, -0.25) is 4.79 Å².